The summed E-state index contributed by atoms with van der Waals surface area (Å²) < 4.78 is 5.15. The Morgan fingerprint density at radius 1 is 1.09 bits per heavy atom. The predicted octanol–water partition coefficient (Wildman–Crippen LogP) is 3.87. The molecule has 0 saturated carbocycles. The molecular formula is C25H32ClN5O4. The molecule has 2 saturated heterocycles. The van der Waals surface area contributed by atoms with Crippen LogP contribution >= 0.6 is 11.6 Å². The zero-order valence-electron chi connectivity index (χ0n) is 20.0. The lowest BCUT2D eigenvalue weighted by atomic mass is 10.0. The van der Waals surface area contributed by atoms with Gasteiger partial charge < -0.3 is 19.9 Å². The summed E-state index contributed by atoms with van der Waals surface area (Å²) in [7, 11) is 1.43. The highest BCUT2D eigenvalue weighted by Crippen LogP contribution is 2.30. The summed E-state index contributed by atoms with van der Waals surface area (Å²) in [5.74, 6) is 0.446. The Morgan fingerprint density at radius 2 is 1.77 bits per heavy atom. The molecule has 1 N–H and O–H groups in total. The van der Waals surface area contributed by atoms with Crippen LogP contribution in [-0.4, -0.2) is 79.6 Å². The van der Waals surface area contributed by atoms with Gasteiger partial charge in [0.05, 0.1) is 12.0 Å². The van der Waals surface area contributed by atoms with Gasteiger partial charge in [-0.15, -0.1) is 0 Å². The molecule has 0 radical (unpaired) electrons. The molecule has 2 aromatic rings. The summed E-state index contributed by atoms with van der Waals surface area (Å²) in [6.07, 6.45) is 2.22. The second-order valence-electron chi connectivity index (χ2n) is 9.00. The first-order valence-corrected chi connectivity index (χ1v) is 12.4. The lowest BCUT2D eigenvalue weighted by molar-refractivity contribution is -0.385. The van der Waals surface area contributed by atoms with Crippen molar-refractivity contribution in [2.75, 3.05) is 63.1 Å². The average molecular weight is 502 g/mol. The molecule has 0 spiro atoms. The number of anilines is 2. The first kappa shape index (κ1) is 25.1. The molecule has 2 fully saturated rings. The summed E-state index contributed by atoms with van der Waals surface area (Å²) in [6, 6.07) is 13.0. The smallest absolute Gasteiger partial charge is 0.311 e. The Kier molecular flexibility index (Phi) is 8.30. The summed E-state index contributed by atoms with van der Waals surface area (Å²) in [6.45, 7) is 5.99. The van der Waals surface area contributed by atoms with Crippen LogP contribution in [0.4, 0.5) is 17.1 Å². The van der Waals surface area contributed by atoms with Crippen LogP contribution in [0.3, 0.4) is 0 Å². The number of nitro groups is 1. The van der Waals surface area contributed by atoms with Gasteiger partial charge in [0.15, 0.2) is 5.75 Å². The summed E-state index contributed by atoms with van der Waals surface area (Å²) in [5.41, 5.74) is 1.92. The van der Waals surface area contributed by atoms with Crippen molar-refractivity contribution in [3.8, 4) is 5.75 Å². The Bertz CT molecular complexity index is 1020. The topological polar surface area (TPSA) is 91.2 Å². The van der Waals surface area contributed by atoms with Crippen molar-refractivity contribution in [1.29, 1.82) is 0 Å². The van der Waals surface area contributed by atoms with Crippen molar-refractivity contribution in [2.24, 2.45) is 0 Å². The number of carbonyl (C=O) groups excluding carboxylic acids is 1. The highest BCUT2D eigenvalue weighted by Gasteiger charge is 2.25. The van der Waals surface area contributed by atoms with Crippen LogP contribution < -0.4 is 15.0 Å². The van der Waals surface area contributed by atoms with E-state index in [9.17, 15) is 14.9 Å². The minimum absolute atomic E-state index is 0.0511. The number of amides is 1. The van der Waals surface area contributed by atoms with E-state index in [1.54, 1.807) is 12.1 Å². The summed E-state index contributed by atoms with van der Waals surface area (Å²) in [4.78, 5) is 30.1. The molecule has 1 amide bonds. The lowest BCUT2D eigenvalue weighted by Gasteiger charge is -2.37. The Balaban J connectivity index is 1.17. The van der Waals surface area contributed by atoms with E-state index in [0.717, 1.165) is 56.3 Å². The molecule has 0 unspecified atom stereocenters. The number of hydrogen-bond acceptors (Lipinski definition) is 7. The Hall–Kier alpha value is -3.04. The van der Waals surface area contributed by atoms with E-state index in [4.69, 9.17) is 16.3 Å². The van der Waals surface area contributed by atoms with Crippen molar-refractivity contribution in [3.63, 3.8) is 0 Å². The maximum Gasteiger partial charge on any atom is 0.311 e. The van der Waals surface area contributed by atoms with Gasteiger partial charge in [0, 0.05) is 86.8 Å². The lowest BCUT2D eigenvalue weighted by Crippen LogP contribution is -2.48. The van der Waals surface area contributed by atoms with Crippen LogP contribution in [0.1, 0.15) is 19.3 Å². The third kappa shape index (κ3) is 6.55. The molecule has 0 bridgehead atoms. The number of nitrogens with zero attached hydrogens (tertiary/aromatic N) is 4. The third-order valence-electron chi connectivity index (χ3n) is 6.80. The fourth-order valence-electron chi connectivity index (χ4n) is 4.72. The number of ether oxygens (including phenoxy) is 1. The number of carbonyl (C=O) groups is 1. The average Bonchev–Trinajstić information content (AvgIpc) is 2.88. The number of methoxy groups -OCH3 is 1. The van der Waals surface area contributed by atoms with E-state index in [1.807, 2.05) is 17.0 Å². The molecule has 9 nitrogen and oxygen atoms in total. The number of rotatable bonds is 8. The number of nitrogens with one attached hydrogen (secondary N) is 1. The number of hydrogen-bond donors (Lipinski definition) is 1. The number of piperidine rings is 1. The molecule has 188 valence electrons. The fraction of sp³-hybridized carbons (Fsp3) is 0.480. The van der Waals surface area contributed by atoms with E-state index in [0.29, 0.717) is 19.5 Å². The Morgan fingerprint density at radius 3 is 2.40 bits per heavy atom. The van der Waals surface area contributed by atoms with Crippen LogP contribution in [-0.2, 0) is 4.79 Å². The Labute approximate surface area is 210 Å². The second kappa shape index (κ2) is 11.6. The molecule has 0 aromatic heterocycles. The van der Waals surface area contributed by atoms with Crippen molar-refractivity contribution >= 4 is 34.6 Å². The van der Waals surface area contributed by atoms with Gasteiger partial charge in [-0.05, 0) is 43.2 Å². The first-order valence-electron chi connectivity index (χ1n) is 12.0. The van der Waals surface area contributed by atoms with E-state index >= 15 is 0 Å². The van der Waals surface area contributed by atoms with Crippen LogP contribution in [0, 0.1) is 10.1 Å². The van der Waals surface area contributed by atoms with Gasteiger partial charge in [0.25, 0.3) is 0 Å². The molecule has 35 heavy (non-hydrogen) atoms. The van der Waals surface area contributed by atoms with Crippen molar-refractivity contribution in [1.82, 2.24) is 9.80 Å². The number of likely N-dealkylation sites (tertiary alicyclic amines) is 1. The normalized spacial score (nSPS) is 17.3. The minimum Gasteiger partial charge on any atom is -0.490 e. The number of piperazine rings is 1. The van der Waals surface area contributed by atoms with Gasteiger partial charge >= 0.3 is 5.69 Å². The van der Waals surface area contributed by atoms with E-state index in [1.165, 1.54) is 18.9 Å². The van der Waals surface area contributed by atoms with Gasteiger partial charge in [0.2, 0.25) is 5.91 Å². The summed E-state index contributed by atoms with van der Waals surface area (Å²) in [5, 5.41) is 15.3. The molecule has 2 heterocycles. The van der Waals surface area contributed by atoms with Crippen LogP contribution in [0.25, 0.3) is 0 Å². The van der Waals surface area contributed by atoms with E-state index in [-0.39, 0.29) is 23.4 Å². The van der Waals surface area contributed by atoms with Crippen molar-refractivity contribution in [3.05, 3.63) is 57.6 Å². The highest BCUT2D eigenvalue weighted by atomic mass is 35.5. The zero-order chi connectivity index (χ0) is 24.8. The standard InChI is InChI=1S/C25H32ClN5O4/c1-35-24-18-21(4-7-23(24)31(33)34)27-20-8-12-30(13-9-20)25(32)10-11-28-14-16-29(17-15-28)22-5-2-19(26)3-6-22/h2-7,18,20,27H,8-17H2,1H3. The molecular weight excluding hydrogens is 470 g/mol. The number of nitro benzene ring substituents is 1. The largest absolute Gasteiger partial charge is 0.490 e. The molecule has 2 aliphatic rings. The van der Waals surface area contributed by atoms with Gasteiger partial charge in [-0.2, -0.15) is 0 Å². The van der Waals surface area contributed by atoms with Crippen molar-refractivity contribution < 1.29 is 14.5 Å². The molecule has 0 atom stereocenters. The first-order chi connectivity index (χ1) is 16.9. The van der Waals surface area contributed by atoms with Gasteiger partial charge in [-0.3, -0.25) is 19.8 Å². The maximum absolute atomic E-state index is 12.8. The molecule has 4 rings (SSSR count). The quantitative estimate of drug-likeness (QED) is 0.433. The maximum atomic E-state index is 12.8. The van der Waals surface area contributed by atoms with Crippen LogP contribution in [0.5, 0.6) is 5.75 Å². The number of benzene rings is 2. The fourth-order valence-corrected chi connectivity index (χ4v) is 4.85. The van der Waals surface area contributed by atoms with Gasteiger partial charge in [-0.25, -0.2) is 0 Å². The van der Waals surface area contributed by atoms with Crippen molar-refractivity contribution in [2.45, 2.75) is 25.3 Å². The van der Waals surface area contributed by atoms with Gasteiger partial charge in [0.1, 0.15) is 0 Å². The minimum atomic E-state index is -0.452. The molecule has 2 aromatic carbocycles. The van der Waals surface area contributed by atoms with Gasteiger partial charge in [-0.1, -0.05) is 11.6 Å². The molecule has 2 aliphatic heterocycles. The SMILES string of the molecule is COc1cc(NC2CCN(C(=O)CCN3CCN(c4ccc(Cl)cc4)CC3)CC2)ccc1[N+](=O)[O-]. The predicted molar refractivity (Wildman–Crippen MR) is 138 cm³/mol. The van der Waals surface area contributed by atoms with Crippen LogP contribution in [0.2, 0.25) is 5.02 Å². The van der Waals surface area contributed by atoms with E-state index in [2.05, 4.69) is 27.2 Å². The van der Waals surface area contributed by atoms with Crippen LogP contribution in [0.15, 0.2) is 42.5 Å². The third-order valence-corrected chi connectivity index (χ3v) is 7.05. The molecule has 10 heteroatoms. The number of halogens is 1. The monoisotopic (exact) mass is 501 g/mol. The van der Waals surface area contributed by atoms with E-state index < -0.39 is 4.92 Å². The second-order valence-corrected chi connectivity index (χ2v) is 9.43. The molecule has 0 aliphatic carbocycles. The zero-order valence-corrected chi connectivity index (χ0v) is 20.7. The highest BCUT2D eigenvalue weighted by molar-refractivity contribution is 6.30. The summed E-state index contributed by atoms with van der Waals surface area (Å²) >= 11 is 5.99.